The highest BCUT2D eigenvalue weighted by atomic mass is 79.9. The first-order valence-electron chi connectivity index (χ1n) is 8.10. The molecule has 0 aliphatic rings. The zero-order chi connectivity index (χ0) is 18.4. The molecule has 0 saturated heterocycles. The summed E-state index contributed by atoms with van der Waals surface area (Å²) in [5.41, 5.74) is 3.21. The number of carboxylic acids is 1. The second-order valence-electron chi connectivity index (χ2n) is 5.69. The van der Waals surface area contributed by atoms with Gasteiger partial charge in [0, 0.05) is 10.0 Å². The molecule has 0 aliphatic carbocycles. The first-order valence-corrected chi connectivity index (χ1v) is 8.89. The van der Waals surface area contributed by atoms with Crippen molar-refractivity contribution < 1.29 is 14.6 Å². The summed E-state index contributed by atoms with van der Waals surface area (Å²) in [7, 11) is 0. The third-order valence-corrected chi connectivity index (χ3v) is 4.53. The summed E-state index contributed by atoms with van der Waals surface area (Å²) in [6.07, 6.45) is 3.89. The van der Waals surface area contributed by atoms with Crippen molar-refractivity contribution in [1.29, 1.82) is 0 Å². The van der Waals surface area contributed by atoms with Crippen LogP contribution in [0.4, 0.5) is 0 Å². The van der Waals surface area contributed by atoms with Crippen LogP contribution in [-0.2, 0) is 6.61 Å². The number of carbonyl (C=O) groups is 1. The van der Waals surface area contributed by atoms with Crippen LogP contribution in [0.3, 0.4) is 0 Å². The number of rotatable bonds is 6. The Morgan fingerprint density at radius 3 is 2.35 bits per heavy atom. The fourth-order valence-corrected chi connectivity index (χ4v) is 2.97. The van der Waals surface area contributed by atoms with Crippen LogP contribution in [0.2, 0.25) is 0 Å². The average molecular weight is 409 g/mol. The van der Waals surface area contributed by atoms with Gasteiger partial charge < -0.3 is 9.84 Å². The molecule has 0 aliphatic heterocycles. The van der Waals surface area contributed by atoms with Crippen molar-refractivity contribution in [3.05, 3.63) is 99.5 Å². The molecule has 0 atom stereocenters. The minimum atomic E-state index is -0.944. The van der Waals surface area contributed by atoms with Crippen molar-refractivity contribution in [2.24, 2.45) is 0 Å². The molecule has 3 aromatic rings. The fourth-order valence-electron chi connectivity index (χ4n) is 2.46. The van der Waals surface area contributed by atoms with Crippen LogP contribution >= 0.6 is 15.9 Å². The summed E-state index contributed by atoms with van der Waals surface area (Å²) in [6.45, 7) is 0.503. The van der Waals surface area contributed by atoms with E-state index in [2.05, 4.69) is 15.9 Å². The fraction of sp³-hybridized carbons (Fsp3) is 0.0455. The minimum absolute atomic E-state index is 0.251. The highest BCUT2D eigenvalue weighted by Gasteiger charge is 2.06. The maximum Gasteiger partial charge on any atom is 0.335 e. The number of benzene rings is 3. The Bertz CT molecular complexity index is 933. The first kappa shape index (κ1) is 18.0. The Morgan fingerprint density at radius 2 is 1.62 bits per heavy atom. The number of aromatic carboxylic acids is 1. The van der Waals surface area contributed by atoms with Gasteiger partial charge in [-0.3, -0.25) is 0 Å². The third-order valence-electron chi connectivity index (χ3n) is 3.85. The smallest absolute Gasteiger partial charge is 0.335 e. The predicted octanol–water partition coefficient (Wildman–Crippen LogP) is 5.90. The summed E-state index contributed by atoms with van der Waals surface area (Å²) >= 11 is 3.42. The highest BCUT2D eigenvalue weighted by Crippen LogP contribution is 2.25. The Labute approximate surface area is 160 Å². The lowest BCUT2D eigenvalue weighted by Gasteiger charge is -2.09. The van der Waals surface area contributed by atoms with Crippen molar-refractivity contribution in [2.45, 2.75) is 6.61 Å². The van der Waals surface area contributed by atoms with Crippen LogP contribution in [0.1, 0.15) is 27.0 Å². The monoisotopic (exact) mass is 408 g/mol. The lowest BCUT2D eigenvalue weighted by molar-refractivity contribution is 0.0697. The van der Waals surface area contributed by atoms with Crippen LogP contribution in [0.25, 0.3) is 12.2 Å². The summed E-state index contributed by atoms with van der Waals surface area (Å²) < 4.78 is 6.68. The van der Waals surface area contributed by atoms with Gasteiger partial charge in [0.05, 0.1) is 5.56 Å². The average Bonchev–Trinajstić information content (AvgIpc) is 2.66. The van der Waals surface area contributed by atoms with Crippen molar-refractivity contribution >= 4 is 34.1 Å². The molecule has 3 rings (SSSR count). The van der Waals surface area contributed by atoms with Crippen molar-refractivity contribution in [1.82, 2.24) is 0 Å². The van der Waals surface area contributed by atoms with E-state index in [1.165, 1.54) is 0 Å². The summed E-state index contributed by atoms with van der Waals surface area (Å²) in [5, 5.41) is 9.04. The third kappa shape index (κ3) is 4.61. The highest BCUT2D eigenvalue weighted by molar-refractivity contribution is 9.10. The van der Waals surface area contributed by atoms with E-state index in [0.29, 0.717) is 6.61 Å². The van der Waals surface area contributed by atoms with E-state index in [4.69, 9.17) is 9.84 Å². The van der Waals surface area contributed by atoms with E-state index in [1.807, 2.05) is 66.7 Å². The molecule has 3 nitrogen and oxygen atoms in total. The number of para-hydroxylation sites is 1. The first-order chi connectivity index (χ1) is 12.6. The Hall–Kier alpha value is -2.85. The summed E-state index contributed by atoms with van der Waals surface area (Å²) in [5.74, 6) is -0.147. The molecule has 0 aromatic heterocycles. The lowest BCUT2D eigenvalue weighted by atomic mass is 10.1. The van der Waals surface area contributed by atoms with E-state index >= 15 is 0 Å². The van der Waals surface area contributed by atoms with E-state index in [-0.39, 0.29) is 5.56 Å². The number of hydrogen-bond acceptors (Lipinski definition) is 2. The summed E-state index contributed by atoms with van der Waals surface area (Å²) in [4.78, 5) is 11.0. The maximum absolute atomic E-state index is 11.0. The molecule has 130 valence electrons. The zero-order valence-electron chi connectivity index (χ0n) is 13.9. The van der Waals surface area contributed by atoms with Gasteiger partial charge in [0.25, 0.3) is 0 Å². The van der Waals surface area contributed by atoms with Gasteiger partial charge >= 0.3 is 5.97 Å². The van der Waals surface area contributed by atoms with E-state index < -0.39 is 5.97 Å². The molecule has 0 fully saturated rings. The second kappa shape index (κ2) is 8.50. The molecule has 0 spiro atoms. The minimum Gasteiger partial charge on any atom is -0.488 e. The Kier molecular flexibility index (Phi) is 5.87. The standard InChI is InChI=1S/C22H17BrO3/c23-20-14-19(22(24)25)13-11-17(20)10-12-18-8-4-5-9-21(18)26-15-16-6-2-1-3-7-16/h1-14H,15H2,(H,24,25). The Balaban J connectivity index is 1.77. The molecule has 0 unspecified atom stereocenters. The molecule has 0 bridgehead atoms. The molecular weight excluding hydrogens is 392 g/mol. The van der Waals surface area contributed by atoms with Gasteiger partial charge in [-0.15, -0.1) is 0 Å². The van der Waals surface area contributed by atoms with Crippen LogP contribution in [0.15, 0.2) is 77.3 Å². The van der Waals surface area contributed by atoms with E-state index in [1.54, 1.807) is 18.2 Å². The van der Waals surface area contributed by atoms with Crippen LogP contribution < -0.4 is 4.74 Å². The van der Waals surface area contributed by atoms with Gasteiger partial charge in [-0.2, -0.15) is 0 Å². The van der Waals surface area contributed by atoms with Gasteiger partial charge in [0.1, 0.15) is 12.4 Å². The van der Waals surface area contributed by atoms with Gasteiger partial charge in [0.2, 0.25) is 0 Å². The normalized spacial score (nSPS) is 10.8. The van der Waals surface area contributed by atoms with Crippen molar-refractivity contribution in [3.8, 4) is 5.75 Å². The van der Waals surface area contributed by atoms with Crippen LogP contribution in [0.5, 0.6) is 5.75 Å². The molecule has 0 heterocycles. The molecule has 0 radical (unpaired) electrons. The molecule has 0 amide bonds. The molecule has 26 heavy (non-hydrogen) atoms. The van der Waals surface area contributed by atoms with Crippen molar-refractivity contribution in [2.75, 3.05) is 0 Å². The van der Waals surface area contributed by atoms with Crippen LogP contribution in [-0.4, -0.2) is 11.1 Å². The molecule has 3 aromatic carbocycles. The number of carboxylic acid groups (broad SMARTS) is 1. The number of hydrogen-bond donors (Lipinski definition) is 1. The predicted molar refractivity (Wildman–Crippen MR) is 107 cm³/mol. The zero-order valence-corrected chi connectivity index (χ0v) is 15.5. The molecule has 4 heteroatoms. The van der Waals surface area contributed by atoms with E-state index in [9.17, 15) is 4.79 Å². The van der Waals surface area contributed by atoms with Crippen LogP contribution in [0, 0.1) is 0 Å². The number of halogens is 1. The van der Waals surface area contributed by atoms with Crippen molar-refractivity contribution in [3.63, 3.8) is 0 Å². The molecular formula is C22H17BrO3. The van der Waals surface area contributed by atoms with E-state index in [0.717, 1.165) is 26.9 Å². The van der Waals surface area contributed by atoms with Gasteiger partial charge in [-0.1, -0.05) is 82.7 Å². The number of ether oxygens (including phenoxy) is 1. The lowest BCUT2D eigenvalue weighted by Crippen LogP contribution is -1.96. The van der Waals surface area contributed by atoms with Gasteiger partial charge in [-0.25, -0.2) is 4.79 Å². The van der Waals surface area contributed by atoms with Gasteiger partial charge in [-0.05, 0) is 29.3 Å². The largest absolute Gasteiger partial charge is 0.488 e. The second-order valence-corrected chi connectivity index (χ2v) is 6.54. The quantitative estimate of drug-likeness (QED) is 0.516. The topological polar surface area (TPSA) is 46.5 Å². The SMILES string of the molecule is O=C(O)c1ccc(C=Cc2ccccc2OCc2ccccc2)c(Br)c1. The molecule has 1 N–H and O–H groups in total. The summed E-state index contributed by atoms with van der Waals surface area (Å²) in [6, 6.07) is 22.8. The van der Waals surface area contributed by atoms with Gasteiger partial charge in [0.15, 0.2) is 0 Å². The maximum atomic E-state index is 11.0. The molecule has 0 saturated carbocycles. The Morgan fingerprint density at radius 1 is 0.923 bits per heavy atom.